The zero-order chi connectivity index (χ0) is 17.8. The Morgan fingerprint density at radius 1 is 1.16 bits per heavy atom. The van der Waals surface area contributed by atoms with Gasteiger partial charge in [-0.3, -0.25) is 4.79 Å². The smallest absolute Gasteiger partial charge is 0.234 e. The van der Waals surface area contributed by atoms with Gasteiger partial charge in [0.25, 0.3) is 0 Å². The molecule has 128 valence electrons. The van der Waals surface area contributed by atoms with Gasteiger partial charge in [-0.2, -0.15) is 0 Å². The highest BCUT2D eigenvalue weighted by molar-refractivity contribution is 7.99. The molecule has 2 aromatic heterocycles. The third-order valence-corrected chi connectivity index (χ3v) is 5.52. The van der Waals surface area contributed by atoms with Gasteiger partial charge in [-0.05, 0) is 50.2 Å². The molecule has 3 rings (SSSR count). The number of rotatable bonds is 5. The molecule has 0 aliphatic heterocycles. The van der Waals surface area contributed by atoms with Crippen LogP contribution >= 0.6 is 34.7 Å². The summed E-state index contributed by atoms with van der Waals surface area (Å²) >= 11 is 8.76. The highest BCUT2D eigenvalue weighted by Crippen LogP contribution is 2.28. The van der Waals surface area contributed by atoms with E-state index in [0.29, 0.717) is 15.7 Å². The first-order valence-corrected chi connectivity index (χ1v) is 9.65. The average Bonchev–Trinajstić information content (AvgIpc) is 2.94. The van der Waals surface area contributed by atoms with Crippen LogP contribution in [0.2, 0.25) is 5.02 Å². The fraction of sp³-hybridized carbons (Fsp3) is 0.176. The van der Waals surface area contributed by atoms with Crippen LogP contribution in [0.5, 0.6) is 0 Å². The lowest BCUT2D eigenvalue weighted by atomic mass is 10.3. The first kappa shape index (κ1) is 17.8. The van der Waals surface area contributed by atoms with Gasteiger partial charge in [0.15, 0.2) is 0 Å². The quantitative estimate of drug-likeness (QED) is 0.645. The lowest BCUT2D eigenvalue weighted by Crippen LogP contribution is -2.14. The van der Waals surface area contributed by atoms with Gasteiger partial charge in [0.05, 0.1) is 21.3 Å². The first-order valence-electron chi connectivity index (χ1n) is 7.47. The molecule has 0 saturated heterocycles. The molecule has 0 bridgehead atoms. The van der Waals surface area contributed by atoms with E-state index in [1.165, 1.54) is 11.8 Å². The monoisotopic (exact) mass is 390 g/mol. The summed E-state index contributed by atoms with van der Waals surface area (Å²) in [5.41, 5.74) is 2.48. The zero-order valence-corrected chi connectivity index (χ0v) is 16.0. The fourth-order valence-electron chi connectivity index (χ4n) is 2.16. The molecule has 0 saturated carbocycles. The lowest BCUT2D eigenvalue weighted by molar-refractivity contribution is -0.113. The van der Waals surface area contributed by atoms with Crippen molar-refractivity contribution in [3.8, 4) is 10.6 Å². The van der Waals surface area contributed by atoms with Crippen LogP contribution in [0.25, 0.3) is 10.6 Å². The van der Waals surface area contributed by atoms with Crippen LogP contribution in [-0.4, -0.2) is 26.8 Å². The van der Waals surface area contributed by atoms with E-state index in [0.717, 1.165) is 21.3 Å². The van der Waals surface area contributed by atoms with Gasteiger partial charge in [0, 0.05) is 10.7 Å². The summed E-state index contributed by atoms with van der Waals surface area (Å²) in [6, 6.07) is 10.8. The number of carbonyl (C=O) groups is 1. The van der Waals surface area contributed by atoms with E-state index in [2.05, 4.69) is 20.5 Å². The number of carbonyl (C=O) groups excluding carboxylic acids is 1. The van der Waals surface area contributed by atoms with Gasteiger partial charge in [0.2, 0.25) is 5.91 Å². The number of halogens is 1. The molecule has 1 aromatic carbocycles. The SMILES string of the molecule is Cc1nc(C)c(-c2ccc(SCC(=O)Nc3ccc(Cl)cc3)nn2)s1. The van der Waals surface area contributed by atoms with E-state index in [4.69, 9.17) is 11.6 Å². The number of hydrogen-bond acceptors (Lipinski definition) is 6. The van der Waals surface area contributed by atoms with E-state index in [-0.39, 0.29) is 11.7 Å². The number of amides is 1. The lowest BCUT2D eigenvalue weighted by Gasteiger charge is -2.05. The molecule has 0 spiro atoms. The Bertz CT molecular complexity index is 879. The van der Waals surface area contributed by atoms with Gasteiger partial charge in [-0.1, -0.05) is 23.4 Å². The van der Waals surface area contributed by atoms with Crippen molar-refractivity contribution < 1.29 is 4.79 Å². The molecule has 1 N–H and O–H groups in total. The maximum Gasteiger partial charge on any atom is 0.234 e. The molecular weight excluding hydrogens is 376 g/mol. The fourth-order valence-corrected chi connectivity index (χ4v) is 3.78. The number of nitrogens with one attached hydrogen (secondary N) is 1. The van der Waals surface area contributed by atoms with Crippen molar-refractivity contribution in [1.82, 2.24) is 15.2 Å². The van der Waals surface area contributed by atoms with E-state index >= 15 is 0 Å². The topological polar surface area (TPSA) is 67.8 Å². The van der Waals surface area contributed by atoms with Crippen LogP contribution in [0, 0.1) is 13.8 Å². The third-order valence-electron chi connectivity index (χ3n) is 3.26. The maximum atomic E-state index is 12.0. The summed E-state index contributed by atoms with van der Waals surface area (Å²) in [5, 5.41) is 13.6. The molecule has 0 radical (unpaired) electrons. The number of nitrogens with zero attached hydrogens (tertiary/aromatic N) is 3. The van der Waals surface area contributed by atoms with E-state index < -0.39 is 0 Å². The molecule has 0 unspecified atom stereocenters. The molecular formula is C17H15ClN4OS2. The number of thiazole rings is 1. The summed E-state index contributed by atoms with van der Waals surface area (Å²) in [5.74, 6) is 0.155. The predicted molar refractivity (Wildman–Crippen MR) is 103 cm³/mol. The molecule has 2 heterocycles. The standard InChI is InChI=1S/C17H15ClN4OS2/c1-10-17(25-11(2)19-10)14-7-8-16(22-21-14)24-9-15(23)20-13-5-3-12(18)4-6-13/h3-8H,9H2,1-2H3,(H,20,23). The van der Waals surface area contributed by atoms with Crippen molar-refractivity contribution >= 4 is 46.3 Å². The minimum atomic E-state index is -0.105. The molecule has 1 amide bonds. The van der Waals surface area contributed by atoms with Crippen molar-refractivity contribution in [2.24, 2.45) is 0 Å². The molecule has 0 atom stereocenters. The Kier molecular flexibility index (Phi) is 5.67. The molecule has 0 aliphatic carbocycles. The summed E-state index contributed by atoms with van der Waals surface area (Å²) < 4.78 is 0. The molecule has 5 nitrogen and oxygen atoms in total. The third kappa shape index (κ3) is 4.78. The van der Waals surface area contributed by atoms with Crippen molar-refractivity contribution in [2.45, 2.75) is 18.9 Å². The molecule has 25 heavy (non-hydrogen) atoms. The normalized spacial score (nSPS) is 10.7. The number of aryl methyl sites for hydroxylation is 2. The zero-order valence-electron chi connectivity index (χ0n) is 13.6. The molecule has 3 aromatic rings. The van der Waals surface area contributed by atoms with Crippen LogP contribution in [0.1, 0.15) is 10.7 Å². The predicted octanol–water partition coefficient (Wildman–Crippen LogP) is 4.60. The number of thioether (sulfide) groups is 1. The van der Waals surface area contributed by atoms with E-state index in [1.54, 1.807) is 35.6 Å². The first-order chi connectivity index (χ1) is 12.0. The summed E-state index contributed by atoms with van der Waals surface area (Å²) in [6.07, 6.45) is 0. The molecule has 0 fully saturated rings. The van der Waals surface area contributed by atoms with Gasteiger partial charge >= 0.3 is 0 Å². The Morgan fingerprint density at radius 2 is 1.92 bits per heavy atom. The molecule has 8 heteroatoms. The number of anilines is 1. The van der Waals surface area contributed by atoms with Crippen molar-refractivity contribution in [3.63, 3.8) is 0 Å². The van der Waals surface area contributed by atoms with Gasteiger partial charge in [0.1, 0.15) is 10.7 Å². The van der Waals surface area contributed by atoms with E-state index in [1.807, 2.05) is 26.0 Å². The second-order valence-electron chi connectivity index (χ2n) is 5.25. The largest absolute Gasteiger partial charge is 0.325 e. The summed E-state index contributed by atoms with van der Waals surface area (Å²) in [6.45, 7) is 3.93. The van der Waals surface area contributed by atoms with Crippen LogP contribution < -0.4 is 5.32 Å². The second kappa shape index (κ2) is 7.95. The van der Waals surface area contributed by atoms with Crippen LogP contribution in [-0.2, 0) is 4.79 Å². The average molecular weight is 391 g/mol. The van der Waals surface area contributed by atoms with Crippen molar-refractivity contribution in [1.29, 1.82) is 0 Å². The summed E-state index contributed by atoms with van der Waals surface area (Å²) in [4.78, 5) is 17.4. The Balaban J connectivity index is 1.57. The van der Waals surface area contributed by atoms with Crippen LogP contribution in [0.15, 0.2) is 41.4 Å². The minimum absolute atomic E-state index is 0.105. The number of aromatic nitrogens is 3. The van der Waals surface area contributed by atoms with Gasteiger partial charge in [-0.25, -0.2) is 4.98 Å². The highest BCUT2D eigenvalue weighted by atomic mass is 35.5. The maximum absolute atomic E-state index is 12.0. The summed E-state index contributed by atoms with van der Waals surface area (Å²) in [7, 11) is 0. The second-order valence-corrected chi connectivity index (χ2v) is 7.88. The highest BCUT2D eigenvalue weighted by Gasteiger charge is 2.10. The Hall–Kier alpha value is -1.96. The van der Waals surface area contributed by atoms with Crippen LogP contribution in [0.4, 0.5) is 5.69 Å². The minimum Gasteiger partial charge on any atom is -0.325 e. The number of hydrogen-bond donors (Lipinski definition) is 1. The van der Waals surface area contributed by atoms with Crippen LogP contribution in [0.3, 0.4) is 0 Å². The van der Waals surface area contributed by atoms with Crippen molar-refractivity contribution in [2.75, 3.05) is 11.1 Å². The molecule has 0 aliphatic rings. The Labute approximate surface area is 158 Å². The van der Waals surface area contributed by atoms with E-state index in [9.17, 15) is 4.79 Å². The number of benzene rings is 1. The van der Waals surface area contributed by atoms with Gasteiger partial charge < -0.3 is 5.32 Å². The Morgan fingerprint density at radius 3 is 2.52 bits per heavy atom. The van der Waals surface area contributed by atoms with Gasteiger partial charge in [-0.15, -0.1) is 21.5 Å². The van der Waals surface area contributed by atoms with Crippen molar-refractivity contribution in [3.05, 3.63) is 52.1 Å².